The van der Waals surface area contributed by atoms with E-state index in [9.17, 15) is 0 Å². The Hall–Kier alpha value is -0.900. The first kappa shape index (κ1) is 14.5. The third-order valence-corrected chi connectivity index (χ3v) is 4.21. The van der Waals surface area contributed by atoms with Crippen molar-refractivity contribution < 1.29 is 0 Å². The van der Waals surface area contributed by atoms with E-state index in [-0.39, 0.29) is 0 Å². The molecule has 19 heavy (non-hydrogen) atoms. The van der Waals surface area contributed by atoms with Gasteiger partial charge in [-0.25, -0.2) is 0 Å². The lowest BCUT2D eigenvalue weighted by Crippen LogP contribution is -2.45. The zero-order valence-corrected chi connectivity index (χ0v) is 12.3. The molecule has 1 aliphatic rings. The zero-order valence-electron chi connectivity index (χ0n) is 12.3. The number of nitrogens with two attached hydrogens (primary N) is 1. The number of rotatable bonds is 5. The average molecular weight is 261 g/mol. The number of nitrogens with zero attached hydrogens (tertiary/aromatic N) is 2. The summed E-state index contributed by atoms with van der Waals surface area (Å²) >= 11 is 0. The van der Waals surface area contributed by atoms with Gasteiger partial charge in [0.05, 0.1) is 0 Å². The Morgan fingerprint density at radius 3 is 2.32 bits per heavy atom. The Kier molecular flexibility index (Phi) is 5.37. The fourth-order valence-electron chi connectivity index (χ4n) is 2.51. The molecule has 0 amide bonds. The standard InChI is InChI=1S/C16H27N3/c1-14(13-17)16-5-3-15(4-6-16)7-8-19-11-9-18(2)10-12-19/h3-6,14H,7-13,17H2,1-2H3. The van der Waals surface area contributed by atoms with Gasteiger partial charge in [-0.3, -0.25) is 0 Å². The smallest absolute Gasteiger partial charge is 0.0110 e. The van der Waals surface area contributed by atoms with Gasteiger partial charge in [-0.2, -0.15) is 0 Å². The second-order valence-electron chi connectivity index (χ2n) is 5.77. The van der Waals surface area contributed by atoms with Crippen molar-refractivity contribution in [3.8, 4) is 0 Å². The minimum atomic E-state index is 0.465. The first-order valence-electron chi connectivity index (χ1n) is 7.39. The highest BCUT2D eigenvalue weighted by Crippen LogP contribution is 2.15. The van der Waals surface area contributed by atoms with Crippen molar-refractivity contribution in [1.29, 1.82) is 0 Å². The topological polar surface area (TPSA) is 32.5 Å². The van der Waals surface area contributed by atoms with Crippen LogP contribution in [0.25, 0.3) is 0 Å². The molecule has 0 radical (unpaired) electrons. The molecule has 1 unspecified atom stereocenters. The van der Waals surface area contributed by atoms with Gasteiger partial charge in [-0.1, -0.05) is 31.2 Å². The lowest BCUT2D eigenvalue weighted by Gasteiger charge is -2.32. The van der Waals surface area contributed by atoms with Crippen molar-refractivity contribution in [1.82, 2.24) is 9.80 Å². The van der Waals surface area contributed by atoms with Crippen LogP contribution in [0.15, 0.2) is 24.3 Å². The van der Waals surface area contributed by atoms with Crippen molar-refractivity contribution in [2.75, 3.05) is 46.3 Å². The van der Waals surface area contributed by atoms with Crippen molar-refractivity contribution in [2.24, 2.45) is 5.73 Å². The molecule has 1 aromatic rings. The molecule has 1 heterocycles. The van der Waals surface area contributed by atoms with E-state index >= 15 is 0 Å². The average Bonchev–Trinajstić information content (AvgIpc) is 2.46. The maximum Gasteiger partial charge on any atom is 0.0110 e. The number of piperazine rings is 1. The number of likely N-dealkylation sites (N-methyl/N-ethyl adjacent to an activating group) is 1. The second-order valence-corrected chi connectivity index (χ2v) is 5.77. The summed E-state index contributed by atoms with van der Waals surface area (Å²) in [5.74, 6) is 0.465. The molecule has 0 aromatic heterocycles. The first-order valence-corrected chi connectivity index (χ1v) is 7.39. The molecule has 0 saturated carbocycles. The van der Waals surface area contributed by atoms with E-state index in [2.05, 4.69) is 48.0 Å². The second kappa shape index (κ2) is 7.04. The lowest BCUT2D eigenvalue weighted by atomic mass is 9.99. The van der Waals surface area contributed by atoms with Gasteiger partial charge in [0, 0.05) is 32.7 Å². The van der Waals surface area contributed by atoms with Crippen LogP contribution in [0.3, 0.4) is 0 Å². The van der Waals surface area contributed by atoms with Gasteiger partial charge in [0.25, 0.3) is 0 Å². The van der Waals surface area contributed by atoms with Crippen LogP contribution in [0, 0.1) is 0 Å². The Labute approximate surface area is 117 Å². The molecule has 1 aromatic carbocycles. The van der Waals surface area contributed by atoms with Crippen molar-refractivity contribution in [3.63, 3.8) is 0 Å². The molecule has 3 nitrogen and oxygen atoms in total. The monoisotopic (exact) mass is 261 g/mol. The van der Waals surface area contributed by atoms with Gasteiger partial charge < -0.3 is 15.5 Å². The Morgan fingerprint density at radius 1 is 1.11 bits per heavy atom. The molecule has 1 atom stereocenters. The van der Waals surface area contributed by atoms with Crippen LogP contribution in [-0.2, 0) is 6.42 Å². The maximum absolute atomic E-state index is 5.70. The summed E-state index contributed by atoms with van der Waals surface area (Å²) in [6.45, 7) is 8.90. The van der Waals surface area contributed by atoms with E-state index in [1.807, 2.05) is 0 Å². The molecule has 0 bridgehead atoms. The summed E-state index contributed by atoms with van der Waals surface area (Å²) in [6.07, 6.45) is 1.15. The molecule has 2 N–H and O–H groups in total. The van der Waals surface area contributed by atoms with Crippen LogP contribution in [0.1, 0.15) is 24.0 Å². The molecular formula is C16H27N3. The van der Waals surface area contributed by atoms with E-state index < -0.39 is 0 Å². The fourth-order valence-corrected chi connectivity index (χ4v) is 2.51. The van der Waals surface area contributed by atoms with Crippen LogP contribution in [0.5, 0.6) is 0 Å². The number of benzene rings is 1. The molecule has 1 aliphatic heterocycles. The van der Waals surface area contributed by atoms with Crippen LogP contribution in [0.2, 0.25) is 0 Å². The minimum absolute atomic E-state index is 0.465. The molecule has 2 rings (SSSR count). The summed E-state index contributed by atoms with van der Waals surface area (Å²) in [5.41, 5.74) is 8.49. The molecule has 1 fully saturated rings. The van der Waals surface area contributed by atoms with Crippen molar-refractivity contribution in [2.45, 2.75) is 19.3 Å². The van der Waals surface area contributed by atoms with Gasteiger partial charge in [0.2, 0.25) is 0 Å². The predicted octanol–water partition coefficient (Wildman–Crippen LogP) is 1.54. The lowest BCUT2D eigenvalue weighted by molar-refractivity contribution is 0.155. The van der Waals surface area contributed by atoms with Crippen LogP contribution in [0.4, 0.5) is 0 Å². The summed E-state index contributed by atoms with van der Waals surface area (Å²) in [6, 6.07) is 8.99. The maximum atomic E-state index is 5.70. The zero-order chi connectivity index (χ0) is 13.7. The van der Waals surface area contributed by atoms with Gasteiger partial charge in [0.15, 0.2) is 0 Å². The minimum Gasteiger partial charge on any atom is -0.330 e. The number of hydrogen-bond acceptors (Lipinski definition) is 3. The summed E-state index contributed by atoms with van der Waals surface area (Å²) in [5, 5.41) is 0. The quantitative estimate of drug-likeness (QED) is 0.872. The van der Waals surface area contributed by atoms with Gasteiger partial charge in [0.1, 0.15) is 0 Å². The van der Waals surface area contributed by atoms with Gasteiger partial charge >= 0.3 is 0 Å². The highest BCUT2D eigenvalue weighted by atomic mass is 15.2. The van der Waals surface area contributed by atoms with Crippen LogP contribution >= 0.6 is 0 Å². The summed E-state index contributed by atoms with van der Waals surface area (Å²) in [7, 11) is 2.20. The van der Waals surface area contributed by atoms with Crippen LogP contribution in [-0.4, -0.2) is 56.1 Å². The van der Waals surface area contributed by atoms with E-state index in [1.54, 1.807) is 0 Å². The fraction of sp³-hybridized carbons (Fsp3) is 0.625. The first-order chi connectivity index (χ1) is 9.19. The highest BCUT2D eigenvalue weighted by molar-refractivity contribution is 5.25. The third kappa shape index (κ3) is 4.30. The van der Waals surface area contributed by atoms with E-state index in [4.69, 9.17) is 5.73 Å². The van der Waals surface area contributed by atoms with E-state index in [1.165, 1.54) is 43.9 Å². The van der Waals surface area contributed by atoms with E-state index in [0.717, 1.165) is 13.0 Å². The molecule has 106 valence electrons. The largest absolute Gasteiger partial charge is 0.330 e. The number of hydrogen-bond donors (Lipinski definition) is 1. The highest BCUT2D eigenvalue weighted by Gasteiger charge is 2.13. The van der Waals surface area contributed by atoms with Gasteiger partial charge in [-0.05, 0) is 37.1 Å². The van der Waals surface area contributed by atoms with Crippen molar-refractivity contribution in [3.05, 3.63) is 35.4 Å². The normalized spacial score (nSPS) is 19.5. The molecule has 0 aliphatic carbocycles. The Morgan fingerprint density at radius 2 is 1.74 bits per heavy atom. The summed E-state index contributed by atoms with van der Waals surface area (Å²) in [4.78, 5) is 4.97. The van der Waals surface area contributed by atoms with Crippen molar-refractivity contribution >= 4 is 0 Å². The summed E-state index contributed by atoms with van der Waals surface area (Å²) < 4.78 is 0. The molecule has 3 heteroatoms. The third-order valence-electron chi connectivity index (χ3n) is 4.21. The Bertz CT molecular complexity index is 366. The molecule has 0 spiro atoms. The Balaban J connectivity index is 1.80. The SMILES string of the molecule is CC(CN)c1ccc(CCN2CCN(C)CC2)cc1. The van der Waals surface area contributed by atoms with Crippen LogP contribution < -0.4 is 5.73 Å². The molecular weight excluding hydrogens is 234 g/mol. The molecule has 1 saturated heterocycles. The van der Waals surface area contributed by atoms with E-state index in [0.29, 0.717) is 5.92 Å². The predicted molar refractivity (Wildman–Crippen MR) is 81.6 cm³/mol. The van der Waals surface area contributed by atoms with Gasteiger partial charge in [-0.15, -0.1) is 0 Å².